The zero-order chi connectivity index (χ0) is 17.5. The molecule has 24 heavy (non-hydrogen) atoms. The number of rotatable bonds is 8. The fourth-order valence-electron chi connectivity index (χ4n) is 3.81. The van der Waals surface area contributed by atoms with E-state index in [-0.39, 0.29) is 0 Å². The molecule has 0 aromatic carbocycles. The molecule has 1 aromatic rings. The van der Waals surface area contributed by atoms with E-state index >= 15 is 0 Å². The number of carbonyl (C=O) groups is 1. The van der Waals surface area contributed by atoms with Crippen molar-refractivity contribution < 1.29 is 9.90 Å². The van der Waals surface area contributed by atoms with Crippen molar-refractivity contribution in [2.75, 3.05) is 27.2 Å². The zero-order valence-corrected chi connectivity index (χ0v) is 15.2. The van der Waals surface area contributed by atoms with Gasteiger partial charge in [-0.05, 0) is 76.2 Å². The van der Waals surface area contributed by atoms with Crippen molar-refractivity contribution in [3.8, 4) is 0 Å². The average molecular weight is 333 g/mol. The third kappa shape index (κ3) is 5.28. The van der Waals surface area contributed by atoms with Gasteiger partial charge >= 0.3 is 5.97 Å². The predicted octanol–water partition coefficient (Wildman–Crippen LogP) is 2.80. The average Bonchev–Trinajstić information content (AvgIpc) is 2.55. The number of pyridine rings is 1. The van der Waals surface area contributed by atoms with Crippen molar-refractivity contribution in [3.05, 3.63) is 29.1 Å². The van der Waals surface area contributed by atoms with Crippen molar-refractivity contribution in [1.29, 1.82) is 0 Å². The number of aromatic carboxylic acids is 1. The molecule has 1 aliphatic carbocycles. The van der Waals surface area contributed by atoms with Crippen LogP contribution in [0, 0.1) is 11.8 Å². The largest absolute Gasteiger partial charge is 0.478 e. The van der Waals surface area contributed by atoms with E-state index in [1.54, 1.807) is 12.3 Å². The standard InChI is InChI=1S/C19H31N3O2/c1-4-16-17(19(23)24)9-10-21-18(16)12-20-11-14-5-7-15(8-6-14)13-22(2)3/h9-10,14-15,20H,4-8,11-13H2,1-3H3,(H,23,24). The highest BCUT2D eigenvalue weighted by Gasteiger charge is 2.21. The van der Waals surface area contributed by atoms with E-state index in [1.165, 1.54) is 32.2 Å². The highest BCUT2D eigenvalue weighted by molar-refractivity contribution is 5.89. The van der Waals surface area contributed by atoms with Gasteiger partial charge in [-0.1, -0.05) is 6.92 Å². The van der Waals surface area contributed by atoms with Crippen LogP contribution in [0.1, 0.15) is 54.2 Å². The lowest BCUT2D eigenvalue weighted by Crippen LogP contribution is -2.30. The molecule has 0 saturated heterocycles. The van der Waals surface area contributed by atoms with Gasteiger partial charge in [-0.15, -0.1) is 0 Å². The number of aromatic nitrogens is 1. The molecule has 0 atom stereocenters. The van der Waals surface area contributed by atoms with Crippen LogP contribution in [0.15, 0.2) is 12.3 Å². The van der Waals surface area contributed by atoms with Crippen LogP contribution in [-0.2, 0) is 13.0 Å². The zero-order valence-electron chi connectivity index (χ0n) is 15.2. The molecule has 134 valence electrons. The number of hydrogen-bond donors (Lipinski definition) is 2. The first-order valence-corrected chi connectivity index (χ1v) is 9.06. The minimum atomic E-state index is -0.866. The van der Waals surface area contributed by atoms with Crippen LogP contribution in [0.2, 0.25) is 0 Å². The second-order valence-corrected chi connectivity index (χ2v) is 7.22. The van der Waals surface area contributed by atoms with Crippen LogP contribution in [-0.4, -0.2) is 48.1 Å². The van der Waals surface area contributed by atoms with Crippen LogP contribution >= 0.6 is 0 Å². The van der Waals surface area contributed by atoms with E-state index in [2.05, 4.69) is 29.3 Å². The Morgan fingerprint density at radius 1 is 1.29 bits per heavy atom. The van der Waals surface area contributed by atoms with Crippen molar-refractivity contribution >= 4 is 5.97 Å². The quantitative estimate of drug-likeness (QED) is 0.766. The topological polar surface area (TPSA) is 65.5 Å². The second-order valence-electron chi connectivity index (χ2n) is 7.22. The van der Waals surface area contributed by atoms with Crippen LogP contribution in [0.5, 0.6) is 0 Å². The van der Waals surface area contributed by atoms with E-state index in [9.17, 15) is 9.90 Å². The third-order valence-electron chi connectivity index (χ3n) is 5.04. The summed E-state index contributed by atoms with van der Waals surface area (Å²) in [6, 6.07) is 1.59. The summed E-state index contributed by atoms with van der Waals surface area (Å²) in [6.07, 6.45) is 7.51. The van der Waals surface area contributed by atoms with Gasteiger partial charge in [0.2, 0.25) is 0 Å². The highest BCUT2D eigenvalue weighted by atomic mass is 16.4. The number of carboxylic acid groups (broad SMARTS) is 1. The van der Waals surface area contributed by atoms with Gasteiger partial charge in [0.25, 0.3) is 0 Å². The molecule has 1 aliphatic rings. The number of hydrogen-bond acceptors (Lipinski definition) is 4. The number of nitrogens with zero attached hydrogens (tertiary/aromatic N) is 2. The normalized spacial score (nSPS) is 21.2. The molecule has 1 saturated carbocycles. The van der Waals surface area contributed by atoms with Gasteiger partial charge < -0.3 is 15.3 Å². The Morgan fingerprint density at radius 2 is 1.96 bits per heavy atom. The molecule has 2 N–H and O–H groups in total. The fourth-order valence-corrected chi connectivity index (χ4v) is 3.81. The summed E-state index contributed by atoms with van der Waals surface area (Å²) in [6.45, 7) is 4.84. The summed E-state index contributed by atoms with van der Waals surface area (Å²) in [5, 5.41) is 12.8. The number of nitrogens with one attached hydrogen (secondary N) is 1. The summed E-state index contributed by atoms with van der Waals surface area (Å²) in [4.78, 5) is 18.0. The van der Waals surface area contributed by atoms with E-state index in [0.717, 1.165) is 29.6 Å². The van der Waals surface area contributed by atoms with Crippen molar-refractivity contribution in [1.82, 2.24) is 15.2 Å². The Balaban J connectivity index is 1.81. The Hall–Kier alpha value is -1.46. The minimum Gasteiger partial charge on any atom is -0.478 e. The van der Waals surface area contributed by atoms with Crippen LogP contribution in [0.4, 0.5) is 0 Å². The Bertz CT molecular complexity index is 537. The number of carboxylic acids is 1. The van der Waals surface area contributed by atoms with Crippen molar-refractivity contribution in [3.63, 3.8) is 0 Å². The lowest BCUT2D eigenvalue weighted by Gasteiger charge is -2.30. The van der Waals surface area contributed by atoms with Gasteiger partial charge in [-0.2, -0.15) is 0 Å². The van der Waals surface area contributed by atoms with Gasteiger partial charge in [0, 0.05) is 19.3 Å². The molecule has 1 fully saturated rings. The van der Waals surface area contributed by atoms with E-state index in [0.29, 0.717) is 18.5 Å². The minimum absolute atomic E-state index is 0.383. The third-order valence-corrected chi connectivity index (χ3v) is 5.04. The first-order chi connectivity index (χ1) is 11.5. The molecule has 1 heterocycles. The molecule has 0 amide bonds. The van der Waals surface area contributed by atoms with Crippen molar-refractivity contribution in [2.45, 2.75) is 45.6 Å². The molecule has 1 aromatic heterocycles. The van der Waals surface area contributed by atoms with Crippen LogP contribution < -0.4 is 5.32 Å². The van der Waals surface area contributed by atoms with Gasteiger partial charge in [0.1, 0.15) is 0 Å². The molecule has 0 radical (unpaired) electrons. The Kier molecular flexibility index (Phi) is 7.18. The fraction of sp³-hybridized carbons (Fsp3) is 0.684. The van der Waals surface area contributed by atoms with Crippen molar-refractivity contribution in [2.24, 2.45) is 11.8 Å². The van der Waals surface area contributed by atoms with E-state index in [1.807, 2.05) is 6.92 Å². The summed E-state index contributed by atoms with van der Waals surface area (Å²) in [7, 11) is 4.30. The maximum Gasteiger partial charge on any atom is 0.336 e. The monoisotopic (exact) mass is 333 g/mol. The van der Waals surface area contributed by atoms with Gasteiger partial charge in [0.15, 0.2) is 0 Å². The van der Waals surface area contributed by atoms with E-state index < -0.39 is 5.97 Å². The lowest BCUT2D eigenvalue weighted by atomic mass is 9.82. The predicted molar refractivity (Wildman–Crippen MR) is 96.3 cm³/mol. The molecule has 5 nitrogen and oxygen atoms in total. The van der Waals surface area contributed by atoms with Gasteiger partial charge in [-0.3, -0.25) is 4.98 Å². The SMILES string of the molecule is CCc1c(C(=O)O)ccnc1CNCC1CCC(CN(C)C)CC1. The van der Waals surface area contributed by atoms with Gasteiger partial charge in [-0.25, -0.2) is 4.79 Å². The molecule has 0 aliphatic heterocycles. The first kappa shape index (κ1) is 18.9. The summed E-state index contributed by atoms with van der Waals surface area (Å²) < 4.78 is 0. The Labute approximate surface area is 145 Å². The summed E-state index contributed by atoms with van der Waals surface area (Å²) >= 11 is 0. The molecular formula is C19H31N3O2. The highest BCUT2D eigenvalue weighted by Crippen LogP contribution is 2.28. The maximum absolute atomic E-state index is 11.3. The lowest BCUT2D eigenvalue weighted by molar-refractivity contribution is 0.0695. The summed E-state index contributed by atoms with van der Waals surface area (Å²) in [5.74, 6) is 0.711. The van der Waals surface area contributed by atoms with Gasteiger partial charge in [0.05, 0.1) is 11.3 Å². The molecule has 0 bridgehead atoms. The second kappa shape index (κ2) is 9.14. The summed E-state index contributed by atoms with van der Waals surface area (Å²) in [5.41, 5.74) is 2.11. The van der Waals surface area contributed by atoms with Crippen LogP contribution in [0.3, 0.4) is 0 Å². The molecule has 5 heteroatoms. The van der Waals surface area contributed by atoms with E-state index in [4.69, 9.17) is 0 Å². The maximum atomic E-state index is 11.3. The van der Waals surface area contributed by atoms with Crippen LogP contribution in [0.25, 0.3) is 0 Å². The molecule has 2 rings (SSSR count). The smallest absolute Gasteiger partial charge is 0.336 e. The molecule has 0 unspecified atom stereocenters. The Morgan fingerprint density at radius 3 is 2.54 bits per heavy atom. The first-order valence-electron chi connectivity index (χ1n) is 9.06. The molecular weight excluding hydrogens is 302 g/mol. The molecule has 0 spiro atoms.